The molecular weight excluding hydrogens is 516 g/mol. The zero-order valence-corrected chi connectivity index (χ0v) is 27.8. The van der Waals surface area contributed by atoms with Gasteiger partial charge >= 0.3 is 0 Å². The van der Waals surface area contributed by atoms with Gasteiger partial charge in [0.05, 0.1) is 13.1 Å². The minimum Gasteiger partial charge on any atom is -0.211 e. The van der Waals surface area contributed by atoms with E-state index >= 15 is 0 Å². The summed E-state index contributed by atoms with van der Waals surface area (Å²) < 4.78 is 0. The number of carbonyl (C=O) groups excluding carboxylic acids is 2. The molecule has 0 amide bonds. The number of aliphatic imine (C=N–C) groups is 2. The van der Waals surface area contributed by atoms with E-state index in [1.807, 2.05) is 0 Å². The van der Waals surface area contributed by atoms with Gasteiger partial charge in [0.25, 0.3) is 0 Å². The van der Waals surface area contributed by atoms with Gasteiger partial charge in [0.2, 0.25) is 12.2 Å². The SMILES string of the molecule is CCCCC/C=C\C/C=C(/CCCCCCCCN=C=O)C(CC/C=C/CCCCC)CCCCCCCCN=C=O. The van der Waals surface area contributed by atoms with E-state index in [1.165, 1.54) is 128 Å². The van der Waals surface area contributed by atoms with Gasteiger partial charge in [-0.2, -0.15) is 0 Å². The smallest absolute Gasteiger partial charge is 0.211 e. The fourth-order valence-electron chi connectivity index (χ4n) is 5.59. The highest BCUT2D eigenvalue weighted by Crippen LogP contribution is 2.29. The van der Waals surface area contributed by atoms with Crippen molar-refractivity contribution in [2.24, 2.45) is 15.9 Å². The summed E-state index contributed by atoms with van der Waals surface area (Å²) in [6.07, 6.45) is 46.5. The van der Waals surface area contributed by atoms with Crippen LogP contribution < -0.4 is 0 Å². The summed E-state index contributed by atoms with van der Waals surface area (Å²) in [6, 6.07) is 0. The molecule has 0 bridgehead atoms. The second-order valence-electron chi connectivity index (χ2n) is 12.0. The molecule has 0 saturated heterocycles. The van der Waals surface area contributed by atoms with Gasteiger partial charge in [0.15, 0.2) is 0 Å². The first kappa shape index (κ1) is 40.0. The zero-order valence-electron chi connectivity index (χ0n) is 27.8. The molecule has 4 nitrogen and oxygen atoms in total. The molecule has 0 spiro atoms. The van der Waals surface area contributed by atoms with Crippen LogP contribution in [0.3, 0.4) is 0 Å². The van der Waals surface area contributed by atoms with Gasteiger partial charge in [-0.05, 0) is 83.0 Å². The normalized spacial score (nSPS) is 12.6. The average Bonchev–Trinajstić information content (AvgIpc) is 3.00. The van der Waals surface area contributed by atoms with Crippen molar-refractivity contribution in [3.63, 3.8) is 0 Å². The number of hydrogen-bond donors (Lipinski definition) is 0. The van der Waals surface area contributed by atoms with Crippen LogP contribution in [0.5, 0.6) is 0 Å². The average molecular weight is 583 g/mol. The molecule has 0 saturated carbocycles. The number of isocyanates is 2. The molecule has 240 valence electrons. The highest BCUT2D eigenvalue weighted by Gasteiger charge is 2.13. The summed E-state index contributed by atoms with van der Waals surface area (Å²) in [6.45, 7) is 5.81. The first-order valence-corrected chi connectivity index (χ1v) is 17.9. The summed E-state index contributed by atoms with van der Waals surface area (Å²) in [5.74, 6) is 0.696. The van der Waals surface area contributed by atoms with Gasteiger partial charge in [-0.3, -0.25) is 0 Å². The summed E-state index contributed by atoms with van der Waals surface area (Å²) in [5, 5.41) is 0. The maximum atomic E-state index is 10.2. The fraction of sp³-hybridized carbons (Fsp3) is 0.789. The van der Waals surface area contributed by atoms with Crippen molar-refractivity contribution in [1.29, 1.82) is 0 Å². The van der Waals surface area contributed by atoms with E-state index in [2.05, 4.69) is 54.2 Å². The lowest BCUT2D eigenvalue weighted by Crippen LogP contribution is -2.06. The molecule has 0 rings (SSSR count). The second-order valence-corrected chi connectivity index (χ2v) is 12.0. The van der Waals surface area contributed by atoms with Gasteiger partial charge in [-0.15, -0.1) is 0 Å². The highest BCUT2D eigenvalue weighted by atomic mass is 16.1. The Hall–Kier alpha value is -2.02. The molecule has 42 heavy (non-hydrogen) atoms. The van der Waals surface area contributed by atoms with Crippen molar-refractivity contribution in [3.8, 4) is 0 Å². The number of hydrogen-bond acceptors (Lipinski definition) is 4. The Morgan fingerprint density at radius 2 is 1.05 bits per heavy atom. The molecule has 4 heteroatoms. The molecule has 0 aliphatic rings. The van der Waals surface area contributed by atoms with Crippen LogP contribution in [0, 0.1) is 5.92 Å². The molecule has 0 aromatic carbocycles. The Morgan fingerprint density at radius 3 is 1.62 bits per heavy atom. The number of nitrogens with zero attached hydrogens (tertiary/aromatic N) is 2. The molecule has 0 N–H and O–H groups in total. The Labute approximate surface area is 260 Å². The van der Waals surface area contributed by atoms with E-state index in [0.29, 0.717) is 19.0 Å². The van der Waals surface area contributed by atoms with Crippen LogP contribution >= 0.6 is 0 Å². The highest BCUT2D eigenvalue weighted by molar-refractivity contribution is 5.32. The number of allylic oxidation sites excluding steroid dienone is 6. The monoisotopic (exact) mass is 583 g/mol. The van der Waals surface area contributed by atoms with Crippen LogP contribution in [0.2, 0.25) is 0 Å². The molecule has 0 fully saturated rings. The second kappa shape index (κ2) is 35.2. The molecule has 1 unspecified atom stereocenters. The van der Waals surface area contributed by atoms with E-state index in [0.717, 1.165) is 32.1 Å². The van der Waals surface area contributed by atoms with Gasteiger partial charge < -0.3 is 0 Å². The first-order chi connectivity index (χ1) is 20.8. The molecule has 0 aromatic rings. The Kier molecular flexibility index (Phi) is 33.5. The first-order valence-electron chi connectivity index (χ1n) is 17.9. The molecule has 0 radical (unpaired) electrons. The minimum absolute atomic E-state index is 0.631. The lowest BCUT2D eigenvalue weighted by molar-refractivity contribution is 0.459. The summed E-state index contributed by atoms with van der Waals surface area (Å²) >= 11 is 0. The van der Waals surface area contributed by atoms with E-state index in [-0.39, 0.29) is 0 Å². The van der Waals surface area contributed by atoms with Crippen LogP contribution in [-0.2, 0) is 9.59 Å². The van der Waals surface area contributed by atoms with E-state index in [9.17, 15) is 9.59 Å². The van der Waals surface area contributed by atoms with Crippen molar-refractivity contribution < 1.29 is 9.59 Å². The Bertz CT molecular complexity index is 757. The van der Waals surface area contributed by atoms with Gasteiger partial charge in [0, 0.05) is 0 Å². The van der Waals surface area contributed by atoms with E-state index in [4.69, 9.17) is 0 Å². The van der Waals surface area contributed by atoms with Gasteiger partial charge in [-0.1, -0.05) is 133 Å². The molecule has 0 heterocycles. The van der Waals surface area contributed by atoms with Crippen molar-refractivity contribution in [3.05, 3.63) is 36.0 Å². The topological polar surface area (TPSA) is 58.9 Å². The van der Waals surface area contributed by atoms with Crippen LogP contribution in [0.25, 0.3) is 0 Å². The van der Waals surface area contributed by atoms with Gasteiger partial charge in [0.1, 0.15) is 0 Å². The molecule has 0 aliphatic heterocycles. The van der Waals surface area contributed by atoms with Crippen molar-refractivity contribution in [2.75, 3.05) is 13.1 Å². The molecule has 0 aliphatic carbocycles. The Balaban J connectivity index is 5.01. The van der Waals surface area contributed by atoms with Crippen LogP contribution in [0.1, 0.15) is 174 Å². The number of unbranched alkanes of at least 4 members (excludes halogenated alkanes) is 16. The predicted octanol–water partition coefficient (Wildman–Crippen LogP) is 12.1. The van der Waals surface area contributed by atoms with Crippen molar-refractivity contribution >= 4 is 12.2 Å². The largest absolute Gasteiger partial charge is 0.234 e. The maximum absolute atomic E-state index is 10.2. The molecule has 0 aromatic heterocycles. The summed E-state index contributed by atoms with van der Waals surface area (Å²) in [4.78, 5) is 27.8. The third kappa shape index (κ3) is 29.5. The minimum atomic E-state index is 0.631. The summed E-state index contributed by atoms with van der Waals surface area (Å²) in [5.41, 5.74) is 1.71. The van der Waals surface area contributed by atoms with Crippen LogP contribution in [0.15, 0.2) is 45.9 Å². The van der Waals surface area contributed by atoms with E-state index < -0.39 is 0 Å². The third-order valence-electron chi connectivity index (χ3n) is 8.19. The van der Waals surface area contributed by atoms with Crippen LogP contribution in [0.4, 0.5) is 0 Å². The van der Waals surface area contributed by atoms with Crippen molar-refractivity contribution in [1.82, 2.24) is 0 Å². The van der Waals surface area contributed by atoms with Crippen molar-refractivity contribution in [2.45, 2.75) is 174 Å². The van der Waals surface area contributed by atoms with Crippen LogP contribution in [-0.4, -0.2) is 25.2 Å². The standard InChI is InChI=1S/C38H66N2O2/c1-3-5-7-9-11-17-23-29-37(31-25-19-13-15-21-27-33-39-35-41)38(30-24-18-12-10-8-6-4-2)32-26-20-14-16-22-28-34-40-36-42/h11-12,17-18,29,38H,3-10,13-16,19-28,30-34H2,1-2H3/b17-11-,18-12+,37-29-. The Morgan fingerprint density at radius 1 is 0.548 bits per heavy atom. The maximum Gasteiger partial charge on any atom is 0.234 e. The van der Waals surface area contributed by atoms with Gasteiger partial charge in [-0.25, -0.2) is 19.6 Å². The predicted molar refractivity (Wildman–Crippen MR) is 183 cm³/mol. The molecular formula is C38H66N2O2. The third-order valence-corrected chi connectivity index (χ3v) is 8.19. The summed E-state index contributed by atoms with van der Waals surface area (Å²) in [7, 11) is 0. The fourth-order valence-corrected chi connectivity index (χ4v) is 5.59. The lowest BCUT2D eigenvalue weighted by Gasteiger charge is -2.21. The lowest BCUT2D eigenvalue weighted by atomic mass is 9.85. The zero-order chi connectivity index (χ0) is 30.6. The molecule has 1 atom stereocenters. The number of rotatable bonds is 32. The quantitative estimate of drug-likeness (QED) is 0.0343. The van der Waals surface area contributed by atoms with E-state index in [1.54, 1.807) is 17.7 Å².